The van der Waals surface area contributed by atoms with Crippen molar-refractivity contribution in [3.63, 3.8) is 0 Å². The summed E-state index contributed by atoms with van der Waals surface area (Å²) in [6.45, 7) is 1.55. The largest absolute Gasteiger partial charge is 0.449 e. The fourth-order valence-electron chi connectivity index (χ4n) is 2.28. The number of esters is 1. The van der Waals surface area contributed by atoms with Crippen LogP contribution in [0.5, 0.6) is 0 Å². The monoisotopic (exact) mass is 342 g/mol. The van der Waals surface area contributed by atoms with Crippen molar-refractivity contribution in [3.8, 4) is 0 Å². The maximum atomic E-state index is 13.0. The van der Waals surface area contributed by atoms with Crippen LogP contribution in [0.3, 0.4) is 0 Å². The topological polar surface area (TPSA) is 67.4 Å². The van der Waals surface area contributed by atoms with Crippen LogP contribution in [0.15, 0.2) is 48.5 Å². The van der Waals surface area contributed by atoms with Gasteiger partial charge in [0.1, 0.15) is 5.82 Å². The first kappa shape index (κ1) is 17.0. The lowest BCUT2D eigenvalue weighted by Gasteiger charge is -2.15. The Labute approximate surface area is 145 Å². The molecule has 3 rings (SSSR count). The minimum absolute atomic E-state index is 0.209. The Balaban J connectivity index is 1.69. The lowest BCUT2D eigenvalue weighted by atomic mass is 10.1. The molecule has 0 aromatic heterocycles. The summed E-state index contributed by atoms with van der Waals surface area (Å²) in [6.07, 6.45) is 1.07. The Morgan fingerprint density at radius 3 is 2.48 bits per heavy atom. The molecule has 1 unspecified atom stereocenters. The van der Waals surface area contributed by atoms with E-state index in [1.54, 1.807) is 43.3 Å². The number of para-hydroxylation sites is 1. The van der Waals surface area contributed by atoms with E-state index in [9.17, 15) is 14.0 Å². The molecule has 2 aromatic rings. The maximum Gasteiger partial charge on any atom is 0.341 e. The molecule has 1 aliphatic carbocycles. The summed E-state index contributed by atoms with van der Waals surface area (Å²) in [5.41, 5.74) is 1.47. The number of hydrogen-bond acceptors (Lipinski definition) is 4. The second-order valence-electron chi connectivity index (χ2n) is 6.01. The van der Waals surface area contributed by atoms with Crippen molar-refractivity contribution in [2.45, 2.75) is 31.9 Å². The Bertz CT molecular complexity index is 772. The molecular formula is C19H19FN2O3. The fourth-order valence-corrected chi connectivity index (χ4v) is 2.28. The highest BCUT2D eigenvalue weighted by Crippen LogP contribution is 2.23. The lowest BCUT2D eigenvalue weighted by molar-refractivity contribution is -0.129. The van der Waals surface area contributed by atoms with Crippen molar-refractivity contribution in [1.29, 1.82) is 0 Å². The van der Waals surface area contributed by atoms with Gasteiger partial charge in [0.15, 0.2) is 6.10 Å². The summed E-state index contributed by atoms with van der Waals surface area (Å²) in [7, 11) is 0. The average molecular weight is 342 g/mol. The van der Waals surface area contributed by atoms with Gasteiger partial charge < -0.3 is 15.4 Å². The van der Waals surface area contributed by atoms with Gasteiger partial charge >= 0.3 is 5.97 Å². The van der Waals surface area contributed by atoms with Crippen molar-refractivity contribution in [1.82, 2.24) is 5.32 Å². The molecule has 1 aliphatic rings. The van der Waals surface area contributed by atoms with Crippen LogP contribution >= 0.6 is 0 Å². The van der Waals surface area contributed by atoms with Gasteiger partial charge in [0.25, 0.3) is 5.91 Å². The molecule has 1 amide bonds. The van der Waals surface area contributed by atoms with E-state index < -0.39 is 12.1 Å². The van der Waals surface area contributed by atoms with E-state index >= 15 is 0 Å². The Morgan fingerprint density at radius 2 is 1.80 bits per heavy atom. The standard InChI is InChI=1S/C19H19FN2O3/c1-12(18(23)22-15-10-11-15)25-19(24)16-4-2-3-5-17(16)21-14-8-6-13(20)7-9-14/h2-9,12,15,21H,10-11H2,1H3,(H,22,23). The fraction of sp³-hybridized carbons (Fsp3) is 0.263. The molecule has 0 spiro atoms. The van der Waals surface area contributed by atoms with Crippen molar-refractivity contribution in [2.75, 3.05) is 5.32 Å². The van der Waals surface area contributed by atoms with Gasteiger partial charge in [0.05, 0.1) is 11.3 Å². The summed E-state index contributed by atoms with van der Waals surface area (Å²) in [5, 5.41) is 5.86. The van der Waals surface area contributed by atoms with Crippen molar-refractivity contribution < 1.29 is 18.7 Å². The van der Waals surface area contributed by atoms with Crippen molar-refractivity contribution >= 4 is 23.3 Å². The first-order valence-corrected chi connectivity index (χ1v) is 8.16. The molecule has 0 bridgehead atoms. The van der Waals surface area contributed by atoms with Gasteiger partial charge in [0.2, 0.25) is 0 Å². The molecule has 1 fully saturated rings. The van der Waals surface area contributed by atoms with Crippen LogP contribution < -0.4 is 10.6 Å². The van der Waals surface area contributed by atoms with Crippen molar-refractivity contribution in [2.24, 2.45) is 0 Å². The number of amides is 1. The summed E-state index contributed by atoms with van der Waals surface area (Å²) in [6, 6.07) is 12.8. The van der Waals surface area contributed by atoms with Crippen LogP contribution in [-0.4, -0.2) is 24.0 Å². The molecule has 0 heterocycles. The highest BCUT2D eigenvalue weighted by Gasteiger charge is 2.27. The van der Waals surface area contributed by atoms with Crippen LogP contribution in [0.25, 0.3) is 0 Å². The number of nitrogens with one attached hydrogen (secondary N) is 2. The molecular weight excluding hydrogens is 323 g/mol. The van der Waals surface area contributed by atoms with Gasteiger partial charge in [-0.2, -0.15) is 0 Å². The zero-order chi connectivity index (χ0) is 17.8. The van der Waals surface area contributed by atoms with Gasteiger partial charge in [-0.15, -0.1) is 0 Å². The minimum Gasteiger partial charge on any atom is -0.449 e. The summed E-state index contributed by atoms with van der Waals surface area (Å²) in [5.74, 6) is -1.22. The summed E-state index contributed by atoms with van der Waals surface area (Å²) >= 11 is 0. The number of halogens is 1. The molecule has 0 aliphatic heterocycles. The normalized spacial score (nSPS) is 14.5. The van der Waals surface area contributed by atoms with Gasteiger partial charge in [-0.1, -0.05) is 12.1 Å². The molecule has 2 aromatic carbocycles. The molecule has 130 valence electrons. The van der Waals surface area contributed by atoms with E-state index in [4.69, 9.17) is 4.74 Å². The minimum atomic E-state index is -0.869. The molecule has 6 heteroatoms. The first-order valence-electron chi connectivity index (χ1n) is 8.16. The molecule has 5 nitrogen and oxygen atoms in total. The van der Waals surface area contributed by atoms with E-state index in [1.807, 2.05) is 0 Å². The Morgan fingerprint density at radius 1 is 1.12 bits per heavy atom. The van der Waals surface area contributed by atoms with Gasteiger partial charge in [0, 0.05) is 11.7 Å². The van der Waals surface area contributed by atoms with E-state index in [0.717, 1.165) is 12.8 Å². The predicted octanol–water partition coefficient (Wildman–Crippen LogP) is 3.39. The van der Waals surface area contributed by atoms with Crippen LogP contribution in [0.2, 0.25) is 0 Å². The van der Waals surface area contributed by atoms with Crippen LogP contribution in [0, 0.1) is 5.82 Å². The quantitative estimate of drug-likeness (QED) is 0.790. The van der Waals surface area contributed by atoms with Crippen LogP contribution in [0.4, 0.5) is 15.8 Å². The van der Waals surface area contributed by atoms with E-state index in [1.165, 1.54) is 12.1 Å². The number of anilines is 2. The molecule has 0 radical (unpaired) electrons. The Kier molecular flexibility index (Phi) is 4.97. The van der Waals surface area contributed by atoms with Gasteiger partial charge in [-0.3, -0.25) is 4.79 Å². The average Bonchev–Trinajstić information content (AvgIpc) is 3.41. The van der Waals surface area contributed by atoms with Crippen LogP contribution in [0.1, 0.15) is 30.1 Å². The number of benzene rings is 2. The molecule has 1 saturated carbocycles. The maximum absolute atomic E-state index is 13.0. The summed E-state index contributed by atoms with van der Waals surface area (Å²) in [4.78, 5) is 24.4. The second-order valence-corrected chi connectivity index (χ2v) is 6.01. The van der Waals surface area contributed by atoms with Crippen LogP contribution in [-0.2, 0) is 9.53 Å². The number of carbonyl (C=O) groups is 2. The van der Waals surface area contributed by atoms with Gasteiger partial charge in [-0.05, 0) is 56.2 Å². The molecule has 25 heavy (non-hydrogen) atoms. The van der Waals surface area contributed by atoms with E-state index in [0.29, 0.717) is 16.9 Å². The zero-order valence-corrected chi connectivity index (χ0v) is 13.8. The molecule has 2 N–H and O–H groups in total. The number of hydrogen-bond donors (Lipinski definition) is 2. The molecule has 0 saturated heterocycles. The number of ether oxygens (including phenoxy) is 1. The summed E-state index contributed by atoms with van der Waals surface area (Å²) < 4.78 is 18.3. The third kappa shape index (κ3) is 4.56. The third-order valence-electron chi connectivity index (χ3n) is 3.85. The van der Waals surface area contributed by atoms with Gasteiger partial charge in [-0.25, -0.2) is 9.18 Å². The second kappa shape index (κ2) is 7.34. The molecule has 1 atom stereocenters. The number of carbonyl (C=O) groups excluding carboxylic acids is 2. The predicted molar refractivity (Wildman–Crippen MR) is 92.2 cm³/mol. The zero-order valence-electron chi connectivity index (χ0n) is 13.8. The number of rotatable bonds is 6. The smallest absolute Gasteiger partial charge is 0.341 e. The van der Waals surface area contributed by atoms with E-state index in [-0.39, 0.29) is 17.8 Å². The lowest BCUT2D eigenvalue weighted by Crippen LogP contribution is -2.37. The first-order chi connectivity index (χ1) is 12.0. The third-order valence-corrected chi connectivity index (χ3v) is 3.85. The highest BCUT2D eigenvalue weighted by molar-refractivity contribution is 5.98. The van der Waals surface area contributed by atoms with Crippen molar-refractivity contribution in [3.05, 3.63) is 59.9 Å². The Hall–Kier alpha value is -2.89. The SMILES string of the molecule is CC(OC(=O)c1ccccc1Nc1ccc(F)cc1)C(=O)NC1CC1. The highest BCUT2D eigenvalue weighted by atomic mass is 19.1. The van der Waals surface area contributed by atoms with E-state index in [2.05, 4.69) is 10.6 Å².